The van der Waals surface area contributed by atoms with Crippen LogP contribution in [0.25, 0.3) is 10.9 Å². The number of aromatic nitrogens is 2. The standard InChI is InChI=1S/C11H10N2O3S/c14-3-6-1-2-8(16-6)10-9-7(4-17-10)11(15)13-5-12-9/h1-2,4-6,8,14H,3H2,(H,12,13,15)/t6-,8+/m0/s1. The van der Waals surface area contributed by atoms with Crippen LogP contribution in [-0.4, -0.2) is 27.8 Å². The molecule has 2 N–H and O–H groups in total. The quantitative estimate of drug-likeness (QED) is 0.779. The minimum atomic E-state index is -0.265. The van der Waals surface area contributed by atoms with Crippen LogP contribution in [0.1, 0.15) is 11.0 Å². The number of hydrogen-bond donors (Lipinski definition) is 2. The van der Waals surface area contributed by atoms with E-state index in [9.17, 15) is 4.79 Å². The summed E-state index contributed by atoms with van der Waals surface area (Å²) in [5, 5.41) is 11.4. The van der Waals surface area contributed by atoms with Crippen molar-refractivity contribution in [1.82, 2.24) is 9.97 Å². The van der Waals surface area contributed by atoms with Gasteiger partial charge in [-0.15, -0.1) is 11.3 Å². The molecule has 0 unspecified atom stereocenters. The summed E-state index contributed by atoms with van der Waals surface area (Å²) >= 11 is 1.45. The molecule has 0 fully saturated rings. The maximum absolute atomic E-state index is 11.5. The van der Waals surface area contributed by atoms with Crippen molar-refractivity contribution in [1.29, 1.82) is 0 Å². The smallest absolute Gasteiger partial charge is 0.259 e. The fraction of sp³-hybridized carbons (Fsp3) is 0.273. The molecule has 2 aromatic rings. The Hall–Kier alpha value is -1.50. The average Bonchev–Trinajstić information content (AvgIpc) is 2.94. The van der Waals surface area contributed by atoms with Gasteiger partial charge in [0.05, 0.1) is 28.7 Å². The van der Waals surface area contributed by atoms with Gasteiger partial charge in [-0.2, -0.15) is 0 Å². The van der Waals surface area contributed by atoms with Crippen LogP contribution in [0.5, 0.6) is 0 Å². The SMILES string of the molecule is O=c1[nH]cnc2c([C@H]3C=C[C@@H](CO)O3)scc12. The minimum Gasteiger partial charge on any atom is -0.393 e. The molecule has 3 rings (SSSR count). The van der Waals surface area contributed by atoms with E-state index in [1.165, 1.54) is 17.7 Å². The molecule has 2 aromatic heterocycles. The first-order valence-corrected chi connectivity index (χ1v) is 6.07. The second-order valence-electron chi connectivity index (χ2n) is 3.76. The molecule has 0 bridgehead atoms. The van der Waals surface area contributed by atoms with Gasteiger partial charge in [-0.25, -0.2) is 4.98 Å². The maximum atomic E-state index is 11.5. The Bertz CT molecular complexity index is 631. The van der Waals surface area contributed by atoms with Crippen molar-refractivity contribution >= 4 is 22.2 Å². The number of fused-ring (bicyclic) bond motifs is 1. The zero-order chi connectivity index (χ0) is 11.8. The number of ether oxygens (including phenoxy) is 1. The fourth-order valence-electron chi connectivity index (χ4n) is 1.85. The van der Waals surface area contributed by atoms with E-state index in [-0.39, 0.29) is 24.4 Å². The maximum Gasteiger partial charge on any atom is 0.259 e. The lowest BCUT2D eigenvalue weighted by Crippen LogP contribution is -2.11. The second kappa shape index (κ2) is 4.06. The van der Waals surface area contributed by atoms with Crippen LogP contribution >= 0.6 is 11.3 Å². The summed E-state index contributed by atoms with van der Waals surface area (Å²) < 4.78 is 5.60. The molecule has 5 nitrogen and oxygen atoms in total. The van der Waals surface area contributed by atoms with Crippen LogP contribution in [0.4, 0.5) is 0 Å². The van der Waals surface area contributed by atoms with Crippen LogP contribution in [0.15, 0.2) is 28.7 Å². The van der Waals surface area contributed by atoms with E-state index in [2.05, 4.69) is 9.97 Å². The van der Waals surface area contributed by atoms with Crippen molar-refractivity contribution in [2.45, 2.75) is 12.2 Å². The Morgan fingerprint density at radius 3 is 3.18 bits per heavy atom. The molecule has 0 saturated heterocycles. The van der Waals surface area contributed by atoms with Gasteiger partial charge < -0.3 is 14.8 Å². The lowest BCUT2D eigenvalue weighted by molar-refractivity contribution is 0.0271. The third kappa shape index (κ3) is 1.70. The highest BCUT2D eigenvalue weighted by Gasteiger charge is 2.24. The third-order valence-electron chi connectivity index (χ3n) is 2.69. The zero-order valence-corrected chi connectivity index (χ0v) is 9.61. The summed E-state index contributed by atoms with van der Waals surface area (Å²) in [5.74, 6) is 0. The molecule has 17 heavy (non-hydrogen) atoms. The number of aromatic amines is 1. The third-order valence-corrected chi connectivity index (χ3v) is 3.72. The van der Waals surface area contributed by atoms with E-state index in [1.807, 2.05) is 12.2 Å². The molecule has 0 aliphatic carbocycles. The van der Waals surface area contributed by atoms with Gasteiger partial charge in [0.1, 0.15) is 12.2 Å². The first kappa shape index (κ1) is 10.6. The molecule has 0 amide bonds. The van der Waals surface area contributed by atoms with Gasteiger partial charge in [-0.05, 0) is 0 Å². The van der Waals surface area contributed by atoms with E-state index in [1.54, 1.807) is 5.38 Å². The lowest BCUT2D eigenvalue weighted by Gasteiger charge is -2.10. The second-order valence-corrected chi connectivity index (χ2v) is 4.67. The fourth-order valence-corrected chi connectivity index (χ4v) is 2.86. The average molecular weight is 250 g/mol. The summed E-state index contributed by atoms with van der Waals surface area (Å²) in [7, 11) is 0. The van der Waals surface area contributed by atoms with Gasteiger partial charge in [0.2, 0.25) is 0 Å². The highest BCUT2D eigenvalue weighted by atomic mass is 32.1. The monoisotopic (exact) mass is 250 g/mol. The van der Waals surface area contributed by atoms with Crippen molar-refractivity contribution in [2.24, 2.45) is 0 Å². The number of aliphatic hydroxyl groups is 1. The van der Waals surface area contributed by atoms with Gasteiger partial charge in [0, 0.05) is 5.38 Å². The van der Waals surface area contributed by atoms with Crippen molar-refractivity contribution in [2.75, 3.05) is 6.61 Å². The van der Waals surface area contributed by atoms with E-state index >= 15 is 0 Å². The largest absolute Gasteiger partial charge is 0.393 e. The molecular weight excluding hydrogens is 240 g/mol. The molecule has 0 aromatic carbocycles. The number of aliphatic hydroxyl groups excluding tert-OH is 1. The van der Waals surface area contributed by atoms with E-state index < -0.39 is 0 Å². The molecule has 1 aliphatic rings. The number of H-pyrrole nitrogens is 1. The van der Waals surface area contributed by atoms with Gasteiger partial charge in [0.25, 0.3) is 5.56 Å². The van der Waals surface area contributed by atoms with Gasteiger partial charge in [-0.3, -0.25) is 4.79 Å². The highest BCUT2D eigenvalue weighted by Crippen LogP contribution is 2.34. The van der Waals surface area contributed by atoms with E-state index in [0.29, 0.717) is 10.9 Å². The number of nitrogens with one attached hydrogen (secondary N) is 1. The molecule has 88 valence electrons. The number of thiophene rings is 1. The van der Waals surface area contributed by atoms with Crippen molar-refractivity contribution in [3.63, 3.8) is 0 Å². The van der Waals surface area contributed by atoms with E-state index in [0.717, 1.165) is 4.88 Å². The van der Waals surface area contributed by atoms with Crippen LogP contribution in [0.3, 0.4) is 0 Å². The molecule has 1 aliphatic heterocycles. The van der Waals surface area contributed by atoms with Gasteiger partial charge in [-0.1, -0.05) is 12.2 Å². The van der Waals surface area contributed by atoms with Crippen LogP contribution in [0, 0.1) is 0 Å². The van der Waals surface area contributed by atoms with Crippen molar-refractivity contribution in [3.8, 4) is 0 Å². The van der Waals surface area contributed by atoms with Crippen LogP contribution in [-0.2, 0) is 4.74 Å². The predicted octanol–water partition coefficient (Wildman–Crippen LogP) is 0.973. The van der Waals surface area contributed by atoms with Gasteiger partial charge >= 0.3 is 0 Å². The summed E-state index contributed by atoms with van der Waals surface area (Å²) in [6.07, 6.45) is 4.62. The minimum absolute atomic E-state index is 0.0374. The lowest BCUT2D eigenvalue weighted by atomic mass is 10.2. The number of hydrogen-bond acceptors (Lipinski definition) is 5. The molecule has 0 spiro atoms. The molecule has 3 heterocycles. The normalized spacial score (nSPS) is 23.6. The molecular formula is C11H10N2O3S. The molecule has 6 heteroatoms. The Balaban J connectivity index is 2.05. The van der Waals surface area contributed by atoms with Crippen molar-refractivity contribution < 1.29 is 9.84 Å². The molecule has 0 radical (unpaired) electrons. The summed E-state index contributed by atoms with van der Waals surface area (Å²) in [6.45, 7) is -0.0374. The summed E-state index contributed by atoms with van der Waals surface area (Å²) in [4.78, 5) is 19.2. The molecule has 0 saturated carbocycles. The van der Waals surface area contributed by atoms with Crippen LogP contribution < -0.4 is 5.56 Å². The Morgan fingerprint density at radius 1 is 1.53 bits per heavy atom. The summed E-state index contributed by atoms with van der Waals surface area (Å²) in [6, 6.07) is 0. The first-order chi connectivity index (χ1) is 8.29. The Kier molecular flexibility index (Phi) is 2.54. The van der Waals surface area contributed by atoms with Crippen LogP contribution in [0.2, 0.25) is 0 Å². The molecule has 2 atom stereocenters. The zero-order valence-electron chi connectivity index (χ0n) is 8.79. The van der Waals surface area contributed by atoms with Gasteiger partial charge in [0.15, 0.2) is 0 Å². The summed E-state index contributed by atoms with van der Waals surface area (Å²) in [5.41, 5.74) is 0.533. The Morgan fingerprint density at radius 2 is 2.41 bits per heavy atom. The Labute approximate surface area is 100 Å². The number of nitrogens with zero attached hydrogens (tertiary/aromatic N) is 1. The van der Waals surface area contributed by atoms with Crippen molar-refractivity contribution in [3.05, 3.63) is 39.1 Å². The van der Waals surface area contributed by atoms with E-state index in [4.69, 9.17) is 9.84 Å². The number of rotatable bonds is 2. The predicted molar refractivity (Wildman–Crippen MR) is 64.1 cm³/mol. The topological polar surface area (TPSA) is 75.2 Å². The highest BCUT2D eigenvalue weighted by molar-refractivity contribution is 7.11. The first-order valence-electron chi connectivity index (χ1n) is 5.19.